The van der Waals surface area contributed by atoms with Crippen molar-refractivity contribution in [3.05, 3.63) is 29.8 Å². The summed E-state index contributed by atoms with van der Waals surface area (Å²) in [6.07, 6.45) is 6.04. The summed E-state index contributed by atoms with van der Waals surface area (Å²) in [4.78, 5) is 12.9. The fourth-order valence-corrected chi connectivity index (χ4v) is 3.36. The van der Waals surface area contributed by atoms with Crippen LogP contribution >= 0.6 is 0 Å². The van der Waals surface area contributed by atoms with Crippen molar-refractivity contribution in [3.63, 3.8) is 0 Å². The fourth-order valence-electron chi connectivity index (χ4n) is 3.36. The number of nitrogens with one attached hydrogen (secondary N) is 2. The fraction of sp³-hybridized carbons (Fsp3) is 0.611. The molecule has 0 saturated carbocycles. The maximum atomic E-state index is 12.9. The SMILES string of the molecule is CCCc1ccccc1NC(=O)C1(CCC)CCNCC1. The number of para-hydroxylation sites is 1. The van der Waals surface area contributed by atoms with Gasteiger partial charge in [0.05, 0.1) is 5.41 Å². The lowest BCUT2D eigenvalue weighted by Gasteiger charge is -2.36. The molecule has 2 rings (SSSR count). The number of carbonyl (C=O) groups excluding carboxylic acids is 1. The molecule has 0 aromatic heterocycles. The molecule has 1 aliphatic rings. The topological polar surface area (TPSA) is 41.1 Å². The van der Waals surface area contributed by atoms with E-state index in [-0.39, 0.29) is 11.3 Å². The molecule has 1 amide bonds. The summed E-state index contributed by atoms with van der Waals surface area (Å²) in [6, 6.07) is 8.20. The number of hydrogen-bond acceptors (Lipinski definition) is 2. The van der Waals surface area contributed by atoms with E-state index in [0.717, 1.165) is 57.3 Å². The summed E-state index contributed by atoms with van der Waals surface area (Å²) in [5.74, 6) is 0.217. The van der Waals surface area contributed by atoms with Crippen molar-refractivity contribution in [1.82, 2.24) is 5.32 Å². The molecule has 0 bridgehead atoms. The van der Waals surface area contributed by atoms with Crippen LogP contribution in [0.5, 0.6) is 0 Å². The molecule has 0 unspecified atom stereocenters. The Bertz CT molecular complexity index is 459. The number of hydrogen-bond donors (Lipinski definition) is 2. The first-order chi connectivity index (χ1) is 10.2. The van der Waals surface area contributed by atoms with Gasteiger partial charge in [0.15, 0.2) is 0 Å². The van der Waals surface area contributed by atoms with Crippen LogP contribution in [0.1, 0.15) is 51.5 Å². The number of amides is 1. The average molecular weight is 288 g/mol. The smallest absolute Gasteiger partial charge is 0.230 e. The number of rotatable bonds is 6. The highest BCUT2D eigenvalue weighted by Gasteiger charge is 2.38. The van der Waals surface area contributed by atoms with E-state index < -0.39 is 0 Å². The standard InChI is InChI=1S/C18H28N2O/c1-3-7-15-8-5-6-9-16(15)20-17(21)18(10-4-2)11-13-19-14-12-18/h5-6,8-9,19H,3-4,7,10-14H2,1-2H3,(H,20,21). The number of anilines is 1. The summed E-state index contributed by atoms with van der Waals surface area (Å²) in [5.41, 5.74) is 2.06. The predicted molar refractivity (Wildman–Crippen MR) is 88.5 cm³/mol. The van der Waals surface area contributed by atoms with Crippen LogP contribution < -0.4 is 10.6 Å². The molecule has 1 aliphatic heterocycles. The van der Waals surface area contributed by atoms with E-state index in [1.807, 2.05) is 18.2 Å². The molecule has 116 valence electrons. The Hall–Kier alpha value is -1.35. The molecule has 3 heteroatoms. The van der Waals surface area contributed by atoms with Crippen molar-refractivity contribution >= 4 is 11.6 Å². The molecule has 1 fully saturated rings. The lowest BCUT2D eigenvalue weighted by atomic mass is 9.74. The second kappa shape index (κ2) is 7.60. The molecule has 0 aliphatic carbocycles. The monoisotopic (exact) mass is 288 g/mol. The van der Waals surface area contributed by atoms with Gasteiger partial charge in [0.1, 0.15) is 0 Å². The van der Waals surface area contributed by atoms with Crippen LogP contribution in [0.25, 0.3) is 0 Å². The van der Waals surface area contributed by atoms with Crippen LogP contribution in [0.4, 0.5) is 5.69 Å². The van der Waals surface area contributed by atoms with Gasteiger partial charge in [-0.1, -0.05) is 44.9 Å². The van der Waals surface area contributed by atoms with E-state index in [1.165, 1.54) is 5.56 Å². The third kappa shape index (κ3) is 3.85. The molecule has 0 radical (unpaired) electrons. The quantitative estimate of drug-likeness (QED) is 0.837. The van der Waals surface area contributed by atoms with Crippen LogP contribution in [0.2, 0.25) is 0 Å². The molecule has 1 heterocycles. The number of carbonyl (C=O) groups is 1. The van der Waals surface area contributed by atoms with Crippen molar-refractivity contribution in [1.29, 1.82) is 0 Å². The molecule has 3 nitrogen and oxygen atoms in total. The van der Waals surface area contributed by atoms with Crippen LogP contribution in [0.15, 0.2) is 24.3 Å². The Morgan fingerprint density at radius 3 is 2.57 bits per heavy atom. The van der Waals surface area contributed by atoms with E-state index in [9.17, 15) is 4.79 Å². The lowest BCUT2D eigenvalue weighted by molar-refractivity contribution is -0.127. The first-order valence-electron chi connectivity index (χ1n) is 8.32. The zero-order valence-corrected chi connectivity index (χ0v) is 13.4. The molecule has 1 aromatic rings. The molecule has 0 spiro atoms. The molecular formula is C18H28N2O. The van der Waals surface area contributed by atoms with Crippen molar-refractivity contribution in [2.24, 2.45) is 5.41 Å². The average Bonchev–Trinajstić information content (AvgIpc) is 2.50. The molecular weight excluding hydrogens is 260 g/mol. The molecule has 1 aromatic carbocycles. The minimum atomic E-state index is -0.181. The number of aryl methyl sites for hydroxylation is 1. The van der Waals surface area contributed by atoms with Gasteiger partial charge < -0.3 is 10.6 Å². The predicted octanol–water partition coefficient (Wildman–Crippen LogP) is 3.75. The maximum Gasteiger partial charge on any atom is 0.230 e. The Morgan fingerprint density at radius 2 is 1.90 bits per heavy atom. The summed E-state index contributed by atoms with van der Waals surface area (Å²) >= 11 is 0. The van der Waals surface area contributed by atoms with E-state index in [4.69, 9.17) is 0 Å². The molecule has 21 heavy (non-hydrogen) atoms. The van der Waals surface area contributed by atoms with Gasteiger partial charge in [-0.25, -0.2) is 0 Å². The Balaban J connectivity index is 2.15. The van der Waals surface area contributed by atoms with Crippen LogP contribution in [-0.4, -0.2) is 19.0 Å². The highest BCUT2D eigenvalue weighted by atomic mass is 16.2. The van der Waals surface area contributed by atoms with Gasteiger partial charge in [-0.2, -0.15) is 0 Å². The zero-order chi connectivity index (χ0) is 15.1. The molecule has 2 N–H and O–H groups in total. The minimum Gasteiger partial charge on any atom is -0.325 e. The van der Waals surface area contributed by atoms with Gasteiger partial charge in [0.2, 0.25) is 5.91 Å². The lowest BCUT2D eigenvalue weighted by Crippen LogP contribution is -2.45. The van der Waals surface area contributed by atoms with Crippen LogP contribution in [0.3, 0.4) is 0 Å². The van der Waals surface area contributed by atoms with E-state index >= 15 is 0 Å². The van der Waals surface area contributed by atoms with E-state index in [0.29, 0.717) is 0 Å². The maximum absolute atomic E-state index is 12.9. The van der Waals surface area contributed by atoms with Gasteiger partial charge in [0, 0.05) is 5.69 Å². The summed E-state index contributed by atoms with van der Waals surface area (Å²) < 4.78 is 0. The minimum absolute atomic E-state index is 0.181. The zero-order valence-electron chi connectivity index (χ0n) is 13.4. The third-order valence-electron chi connectivity index (χ3n) is 4.56. The van der Waals surface area contributed by atoms with Crippen molar-refractivity contribution in [2.45, 2.75) is 52.4 Å². The van der Waals surface area contributed by atoms with Crippen molar-refractivity contribution in [2.75, 3.05) is 18.4 Å². The summed E-state index contributed by atoms with van der Waals surface area (Å²) in [6.45, 7) is 6.24. The first-order valence-corrected chi connectivity index (χ1v) is 8.32. The van der Waals surface area contributed by atoms with Gasteiger partial charge in [-0.05, 0) is 50.4 Å². The van der Waals surface area contributed by atoms with E-state index in [2.05, 4.69) is 30.5 Å². The van der Waals surface area contributed by atoms with Gasteiger partial charge in [-0.3, -0.25) is 4.79 Å². The van der Waals surface area contributed by atoms with Gasteiger partial charge >= 0.3 is 0 Å². The Kier molecular flexibility index (Phi) is 5.80. The molecule has 0 atom stereocenters. The number of piperidine rings is 1. The van der Waals surface area contributed by atoms with Gasteiger partial charge in [0.25, 0.3) is 0 Å². The summed E-state index contributed by atoms with van der Waals surface area (Å²) in [5, 5.41) is 6.59. The highest BCUT2D eigenvalue weighted by Crippen LogP contribution is 2.35. The Labute approximate surface area is 128 Å². The number of benzene rings is 1. The third-order valence-corrected chi connectivity index (χ3v) is 4.56. The van der Waals surface area contributed by atoms with Gasteiger partial charge in [-0.15, -0.1) is 0 Å². The normalized spacial score (nSPS) is 17.4. The van der Waals surface area contributed by atoms with Crippen molar-refractivity contribution in [3.8, 4) is 0 Å². The highest BCUT2D eigenvalue weighted by molar-refractivity contribution is 5.96. The largest absolute Gasteiger partial charge is 0.325 e. The van der Waals surface area contributed by atoms with Crippen molar-refractivity contribution < 1.29 is 4.79 Å². The second-order valence-corrected chi connectivity index (χ2v) is 6.14. The van der Waals surface area contributed by atoms with Crippen LogP contribution in [0, 0.1) is 5.41 Å². The first kappa shape index (κ1) is 16.0. The summed E-state index contributed by atoms with van der Waals surface area (Å²) in [7, 11) is 0. The second-order valence-electron chi connectivity index (χ2n) is 6.14. The van der Waals surface area contributed by atoms with E-state index in [1.54, 1.807) is 0 Å². The van der Waals surface area contributed by atoms with Crippen LogP contribution in [-0.2, 0) is 11.2 Å². The molecule has 1 saturated heterocycles. The Morgan fingerprint density at radius 1 is 1.19 bits per heavy atom.